The first kappa shape index (κ1) is 9.68. The first-order valence-electron chi connectivity index (χ1n) is 6.28. The molecule has 2 nitrogen and oxygen atoms in total. The average molecular weight is 208 g/mol. The highest BCUT2D eigenvalue weighted by atomic mass is 16.6. The highest BCUT2D eigenvalue weighted by Crippen LogP contribution is 2.59. The van der Waals surface area contributed by atoms with Crippen LogP contribution in [-0.2, 0) is 9.53 Å². The molecule has 0 amide bonds. The van der Waals surface area contributed by atoms with Crippen molar-refractivity contribution in [3.05, 3.63) is 0 Å². The normalized spacial score (nSPS) is 51.9. The van der Waals surface area contributed by atoms with Gasteiger partial charge in [0, 0.05) is 6.92 Å². The quantitative estimate of drug-likeness (QED) is 0.619. The van der Waals surface area contributed by atoms with E-state index in [0.29, 0.717) is 5.92 Å². The van der Waals surface area contributed by atoms with Crippen LogP contribution in [0, 0.1) is 23.7 Å². The molecule has 4 aliphatic rings. The second-order valence-corrected chi connectivity index (χ2v) is 6.05. The maximum absolute atomic E-state index is 11.3. The lowest BCUT2D eigenvalue weighted by atomic mass is 9.50. The zero-order chi connectivity index (χ0) is 10.6. The molecule has 0 heterocycles. The van der Waals surface area contributed by atoms with E-state index in [4.69, 9.17) is 4.74 Å². The van der Waals surface area contributed by atoms with Crippen molar-refractivity contribution >= 4 is 5.97 Å². The predicted molar refractivity (Wildman–Crippen MR) is 57.2 cm³/mol. The number of carbonyl (C=O) groups excluding carboxylic acids is 1. The van der Waals surface area contributed by atoms with Gasteiger partial charge in [-0.05, 0) is 55.8 Å². The Balaban J connectivity index is 1.90. The molecule has 84 valence electrons. The van der Waals surface area contributed by atoms with E-state index in [-0.39, 0.29) is 11.6 Å². The summed E-state index contributed by atoms with van der Waals surface area (Å²) in [5, 5.41) is 0. The first-order valence-corrected chi connectivity index (χ1v) is 6.28. The Morgan fingerprint density at radius 3 is 2.33 bits per heavy atom. The average Bonchev–Trinajstić information content (AvgIpc) is 2.11. The summed E-state index contributed by atoms with van der Waals surface area (Å²) < 4.78 is 5.72. The largest absolute Gasteiger partial charge is 0.459 e. The van der Waals surface area contributed by atoms with Gasteiger partial charge < -0.3 is 4.74 Å². The van der Waals surface area contributed by atoms with Crippen molar-refractivity contribution < 1.29 is 9.53 Å². The van der Waals surface area contributed by atoms with E-state index in [2.05, 4.69) is 6.92 Å². The van der Waals surface area contributed by atoms with Crippen LogP contribution in [0.4, 0.5) is 0 Å². The van der Waals surface area contributed by atoms with Gasteiger partial charge in [-0.25, -0.2) is 0 Å². The van der Waals surface area contributed by atoms with Gasteiger partial charge in [0.05, 0.1) is 0 Å². The maximum atomic E-state index is 11.3. The van der Waals surface area contributed by atoms with E-state index in [1.54, 1.807) is 6.92 Å². The Morgan fingerprint density at radius 2 is 1.80 bits per heavy atom. The van der Waals surface area contributed by atoms with E-state index in [9.17, 15) is 4.79 Å². The van der Waals surface area contributed by atoms with Gasteiger partial charge in [0.2, 0.25) is 0 Å². The molecule has 0 saturated heterocycles. The molecule has 0 aromatic heterocycles. The Morgan fingerprint density at radius 1 is 1.20 bits per heavy atom. The van der Waals surface area contributed by atoms with Gasteiger partial charge in [0.25, 0.3) is 0 Å². The van der Waals surface area contributed by atoms with Gasteiger partial charge in [-0.2, -0.15) is 0 Å². The van der Waals surface area contributed by atoms with Crippen molar-refractivity contribution in [3.8, 4) is 0 Å². The second kappa shape index (κ2) is 2.99. The minimum Gasteiger partial charge on any atom is -0.459 e. The molecule has 3 atom stereocenters. The minimum atomic E-state index is -0.0798. The van der Waals surface area contributed by atoms with Crippen LogP contribution in [0.5, 0.6) is 0 Å². The summed E-state index contributed by atoms with van der Waals surface area (Å²) in [6.45, 7) is 3.86. The molecule has 0 radical (unpaired) electrons. The van der Waals surface area contributed by atoms with Gasteiger partial charge in [-0.1, -0.05) is 6.92 Å². The lowest BCUT2D eigenvalue weighted by molar-refractivity contribution is -0.203. The summed E-state index contributed by atoms with van der Waals surface area (Å²) in [5.41, 5.74) is -0.0689. The van der Waals surface area contributed by atoms with Crippen molar-refractivity contribution in [1.29, 1.82) is 0 Å². The third-order valence-corrected chi connectivity index (χ3v) is 5.09. The summed E-state index contributed by atoms with van der Waals surface area (Å²) in [4.78, 5) is 11.3. The van der Waals surface area contributed by atoms with E-state index in [1.165, 1.54) is 19.3 Å². The monoisotopic (exact) mass is 208 g/mol. The Kier molecular flexibility index (Phi) is 1.93. The van der Waals surface area contributed by atoms with Crippen LogP contribution >= 0.6 is 0 Å². The van der Waals surface area contributed by atoms with E-state index >= 15 is 0 Å². The lowest BCUT2D eigenvalue weighted by Crippen LogP contribution is -2.58. The predicted octanol–water partition coefficient (Wildman–Crippen LogP) is 2.76. The topological polar surface area (TPSA) is 26.3 Å². The van der Waals surface area contributed by atoms with Gasteiger partial charge in [0.1, 0.15) is 5.60 Å². The molecule has 4 fully saturated rings. The van der Waals surface area contributed by atoms with Crippen LogP contribution in [0.2, 0.25) is 0 Å². The second-order valence-electron chi connectivity index (χ2n) is 6.05. The fourth-order valence-electron chi connectivity index (χ4n) is 4.68. The van der Waals surface area contributed by atoms with Crippen molar-refractivity contribution in [2.45, 2.75) is 51.6 Å². The van der Waals surface area contributed by atoms with Crippen molar-refractivity contribution in [2.24, 2.45) is 23.7 Å². The molecule has 0 aromatic rings. The molecular formula is C13H20O2. The summed E-state index contributed by atoms with van der Waals surface area (Å²) in [6, 6.07) is 0. The molecule has 4 rings (SSSR count). The number of ether oxygens (including phenoxy) is 1. The van der Waals surface area contributed by atoms with Gasteiger partial charge in [-0.3, -0.25) is 4.79 Å². The van der Waals surface area contributed by atoms with Gasteiger partial charge >= 0.3 is 5.97 Å². The summed E-state index contributed by atoms with van der Waals surface area (Å²) in [5.74, 6) is 3.03. The van der Waals surface area contributed by atoms with E-state index in [0.717, 1.165) is 30.6 Å². The number of hydrogen-bond acceptors (Lipinski definition) is 2. The number of rotatable bonds is 1. The number of hydrogen-bond donors (Lipinski definition) is 0. The van der Waals surface area contributed by atoms with Gasteiger partial charge in [-0.15, -0.1) is 0 Å². The fourth-order valence-corrected chi connectivity index (χ4v) is 4.68. The standard InChI is InChI=1S/C13H20O2/c1-8-12-4-10-3-11(5-12)7-13(8,6-10)15-9(2)14/h8,10-12H,3-7H2,1-2H3. The third kappa shape index (κ3) is 1.33. The third-order valence-electron chi connectivity index (χ3n) is 5.09. The Labute approximate surface area is 91.4 Å². The van der Waals surface area contributed by atoms with Crippen molar-refractivity contribution in [1.82, 2.24) is 0 Å². The molecule has 0 N–H and O–H groups in total. The number of esters is 1. The SMILES string of the molecule is CC(=O)OC12CC3CC(CC(C3)C1C)C2. The lowest BCUT2D eigenvalue weighted by Gasteiger charge is -2.59. The molecule has 3 unspecified atom stereocenters. The maximum Gasteiger partial charge on any atom is 0.303 e. The molecule has 4 aliphatic carbocycles. The van der Waals surface area contributed by atoms with Gasteiger partial charge in [0.15, 0.2) is 0 Å². The molecule has 4 saturated carbocycles. The van der Waals surface area contributed by atoms with Crippen LogP contribution in [0.25, 0.3) is 0 Å². The molecule has 0 spiro atoms. The molecule has 15 heavy (non-hydrogen) atoms. The van der Waals surface area contributed by atoms with Crippen molar-refractivity contribution in [3.63, 3.8) is 0 Å². The number of carbonyl (C=O) groups is 1. The zero-order valence-corrected chi connectivity index (χ0v) is 9.66. The Hall–Kier alpha value is -0.530. The highest BCUT2D eigenvalue weighted by molar-refractivity contribution is 5.66. The highest BCUT2D eigenvalue weighted by Gasteiger charge is 2.57. The molecule has 0 aromatic carbocycles. The summed E-state index contributed by atoms with van der Waals surface area (Å²) >= 11 is 0. The minimum absolute atomic E-state index is 0.0689. The van der Waals surface area contributed by atoms with Crippen LogP contribution in [0.1, 0.15) is 46.0 Å². The van der Waals surface area contributed by atoms with E-state index in [1.807, 2.05) is 0 Å². The molecule has 4 bridgehead atoms. The first-order chi connectivity index (χ1) is 7.09. The Bertz CT molecular complexity index is 283. The van der Waals surface area contributed by atoms with E-state index < -0.39 is 0 Å². The summed E-state index contributed by atoms with van der Waals surface area (Å²) in [7, 11) is 0. The molecular weight excluding hydrogens is 188 g/mol. The summed E-state index contributed by atoms with van der Waals surface area (Å²) in [6.07, 6.45) is 6.45. The fraction of sp³-hybridized carbons (Fsp3) is 0.923. The molecule has 2 heteroatoms. The van der Waals surface area contributed by atoms with Crippen LogP contribution in [-0.4, -0.2) is 11.6 Å². The van der Waals surface area contributed by atoms with Crippen LogP contribution < -0.4 is 0 Å². The zero-order valence-electron chi connectivity index (χ0n) is 9.66. The molecule has 0 aliphatic heterocycles. The smallest absolute Gasteiger partial charge is 0.303 e. The van der Waals surface area contributed by atoms with Crippen LogP contribution in [0.15, 0.2) is 0 Å². The van der Waals surface area contributed by atoms with Crippen molar-refractivity contribution in [2.75, 3.05) is 0 Å². The van der Waals surface area contributed by atoms with Crippen LogP contribution in [0.3, 0.4) is 0 Å².